The maximum absolute atomic E-state index is 13.2. The summed E-state index contributed by atoms with van der Waals surface area (Å²) in [5.74, 6) is -1.91. The maximum atomic E-state index is 13.2. The minimum atomic E-state index is -0.701. The van der Waals surface area contributed by atoms with E-state index >= 15 is 0 Å². The summed E-state index contributed by atoms with van der Waals surface area (Å²) in [4.78, 5) is 25.7. The van der Waals surface area contributed by atoms with Crippen molar-refractivity contribution in [3.63, 3.8) is 0 Å². The van der Waals surface area contributed by atoms with Gasteiger partial charge in [0.25, 0.3) is 5.91 Å². The fourth-order valence-electron chi connectivity index (χ4n) is 2.88. The lowest BCUT2D eigenvalue weighted by Crippen LogP contribution is -2.85. The van der Waals surface area contributed by atoms with Crippen LogP contribution in [0, 0.1) is 5.82 Å². The minimum absolute atomic E-state index is 0.0472. The second-order valence-electron chi connectivity index (χ2n) is 5.71. The average Bonchev–Trinajstić information content (AvgIpc) is 2.80. The van der Waals surface area contributed by atoms with Crippen LogP contribution in [-0.2, 0) is 9.59 Å². The smallest absolute Gasteiger partial charge is 0.290 e. The van der Waals surface area contributed by atoms with Crippen LogP contribution in [0.25, 0.3) is 0 Å². The van der Waals surface area contributed by atoms with Crippen LogP contribution >= 0.6 is 0 Å². The molecule has 1 aromatic carbocycles. The van der Waals surface area contributed by atoms with Gasteiger partial charge in [-0.2, -0.15) is 0 Å². The number of hydrogen-bond acceptors (Lipinski definition) is 4. The Morgan fingerprint density at radius 2 is 1.96 bits per heavy atom. The van der Waals surface area contributed by atoms with Crippen LogP contribution in [-0.4, -0.2) is 53.0 Å². The fraction of sp³-hybridized carbons (Fsp3) is 0.412. The number of aliphatic hydroxyl groups excluding tert-OH is 2. The molecule has 1 aliphatic rings. The SMILES string of the molecule is CC(=O)C1=C(O)C(=O)N(CCC[NH2+]CCO)[C@H]1c1ccc(F)cc1. The molecule has 1 heterocycles. The van der Waals surface area contributed by atoms with Crippen LogP contribution in [0.1, 0.15) is 24.9 Å². The van der Waals surface area contributed by atoms with Gasteiger partial charge < -0.3 is 20.4 Å². The first kappa shape index (κ1) is 18.1. The number of rotatable bonds is 8. The van der Waals surface area contributed by atoms with Crippen molar-refractivity contribution < 1.29 is 29.5 Å². The van der Waals surface area contributed by atoms with E-state index in [9.17, 15) is 19.1 Å². The number of carbonyl (C=O) groups excluding carboxylic acids is 2. The van der Waals surface area contributed by atoms with Crippen molar-refractivity contribution in [2.24, 2.45) is 0 Å². The normalized spacial score (nSPS) is 17.7. The number of Topliss-reactive ketones (excluding diaryl/α,β-unsaturated/α-hetero) is 1. The Morgan fingerprint density at radius 1 is 1.29 bits per heavy atom. The zero-order valence-corrected chi connectivity index (χ0v) is 13.5. The second-order valence-corrected chi connectivity index (χ2v) is 5.71. The molecule has 7 heteroatoms. The Hall–Kier alpha value is -2.25. The number of quaternary nitrogens is 1. The van der Waals surface area contributed by atoms with Gasteiger partial charge in [0, 0.05) is 13.0 Å². The van der Waals surface area contributed by atoms with Gasteiger partial charge in [0.05, 0.1) is 31.3 Å². The molecule has 24 heavy (non-hydrogen) atoms. The number of benzene rings is 1. The molecule has 1 amide bonds. The molecule has 0 saturated carbocycles. The predicted molar refractivity (Wildman–Crippen MR) is 84.6 cm³/mol. The number of hydrogen-bond donors (Lipinski definition) is 3. The van der Waals surface area contributed by atoms with Crippen molar-refractivity contribution in [2.75, 3.05) is 26.2 Å². The maximum Gasteiger partial charge on any atom is 0.290 e. The van der Waals surface area contributed by atoms with Gasteiger partial charge in [-0.05, 0) is 24.6 Å². The van der Waals surface area contributed by atoms with Crippen molar-refractivity contribution in [1.82, 2.24) is 4.90 Å². The summed E-state index contributed by atoms with van der Waals surface area (Å²) >= 11 is 0. The van der Waals surface area contributed by atoms with Crippen molar-refractivity contribution >= 4 is 11.7 Å². The van der Waals surface area contributed by atoms with Gasteiger partial charge >= 0.3 is 0 Å². The highest BCUT2D eigenvalue weighted by Gasteiger charge is 2.41. The van der Waals surface area contributed by atoms with Gasteiger partial charge in [0.1, 0.15) is 5.82 Å². The molecule has 0 bridgehead atoms. The lowest BCUT2D eigenvalue weighted by atomic mass is 9.96. The Kier molecular flexibility index (Phi) is 6.05. The lowest BCUT2D eigenvalue weighted by Gasteiger charge is -2.26. The van der Waals surface area contributed by atoms with E-state index in [1.54, 1.807) is 0 Å². The number of aliphatic hydroxyl groups is 2. The Morgan fingerprint density at radius 3 is 2.54 bits per heavy atom. The molecule has 1 aliphatic heterocycles. The highest BCUT2D eigenvalue weighted by atomic mass is 19.1. The summed E-state index contributed by atoms with van der Waals surface area (Å²) in [6.45, 7) is 3.02. The highest BCUT2D eigenvalue weighted by molar-refractivity contribution is 6.08. The fourth-order valence-corrected chi connectivity index (χ4v) is 2.88. The van der Waals surface area contributed by atoms with E-state index in [2.05, 4.69) is 0 Å². The lowest BCUT2D eigenvalue weighted by molar-refractivity contribution is -0.656. The van der Waals surface area contributed by atoms with E-state index in [1.165, 1.54) is 36.1 Å². The molecule has 0 unspecified atom stereocenters. The van der Waals surface area contributed by atoms with E-state index in [1.807, 2.05) is 5.32 Å². The standard InChI is InChI=1S/C17H21FN2O4/c1-11(22)14-15(12-3-5-13(18)6-4-12)20(17(24)16(14)23)9-2-7-19-8-10-21/h3-6,15,19,21,23H,2,7-10H2,1H3/p+1/t15-/m0/s1. The molecule has 1 aromatic rings. The molecule has 4 N–H and O–H groups in total. The van der Waals surface area contributed by atoms with E-state index in [0.717, 1.165) is 0 Å². The summed E-state index contributed by atoms with van der Waals surface area (Å²) in [5, 5.41) is 20.8. The number of halogens is 1. The molecule has 0 spiro atoms. The number of nitrogens with two attached hydrogens (primary N) is 1. The third-order valence-electron chi connectivity index (χ3n) is 4.01. The van der Waals surface area contributed by atoms with E-state index in [0.29, 0.717) is 31.6 Å². The van der Waals surface area contributed by atoms with Crippen LogP contribution in [0.15, 0.2) is 35.6 Å². The Balaban J connectivity index is 2.23. The first-order valence-corrected chi connectivity index (χ1v) is 7.90. The van der Waals surface area contributed by atoms with Gasteiger partial charge in [0.2, 0.25) is 0 Å². The molecule has 0 radical (unpaired) electrons. The summed E-state index contributed by atoms with van der Waals surface area (Å²) in [5.41, 5.74) is 0.629. The van der Waals surface area contributed by atoms with Gasteiger partial charge in [-0.1, -0.05) is 12.1 Å². The molecule has 130 valence electrons. The van der Waals surface area contributed by atoms with Gasteiger partial charge in [-0.3, -0.25) is 9.59 Å². The van der Waals surface area contributed by atoms with E-state index in [4.69, 9.17) is 5.11 Å². The van der Waals surface area contributed by atoms with Crippen molar-refractivity contribution in [2.45, 2.75) is 19.4 Å². The predicted octanol–water partition coefficient (Wildman–Crippen LogP) is 0.0559. The molecular formula is C17H22FN2O4+. The zero-order valence-electron chi connectivity index (χ0n) is 13.5. The Labute approximate surface area is 139 Å². The van der Waals surface area contributed by atoms with E-state index in [-0.39, 0.29) is 18.0 Å². The minimum Gasteiger partial charge on any atom is -0.503 e. The molecule has 0 fully saturated rings. The first-order valence-electron chi connectivity index (χ1n) is 7.90. The second kappa shape index (κ2) is 8.03. The summed E-state index contributed by atoms with van der Waals surface area (Å²) in [7, 11) is 0. The monoisotopic (exact) mass is 337 g/mol. The molecular weight excluding hydrogens is 315 g/mol. The van der Waals surface area contributed by atoms with Crippen molar-refractivity contribution in [1.29, 1.82) is 0 Å². The van der Waals surface area contributed by atoms with Crippen LogP contribution in [0.5, 0.6) is 0 Å². The third-order valence-corrected chi connectivity index (χ3v) is 4.01. The quantitative estimate of drug-likeness (QED) is 0.585. The number of carbonyl (C=O) groups is 2. The molecule has 0 saturated heterocycles. The van der Waals surface area contributed by atoms with Gasteiger partial charge in [0.15, 0.2) is 11.5 Å². The largest absolute Gasteiger partial charge is 0.503 e. The number of ketones is 1. The third kappa shape index (κ3) is 3.80. The topological polar surface area (TPSA) is 94.5 Å². The zero-order chi connectivity index (χ0) is 17.7. The average molecular weight is 337 g/mol. The highest BCUT2D eigenvalue weighted by Crippen LogP contribution is 2.37. The van der Waals surface area contributed by atoms with Crippen molar-refractivity contribution in [3.8, 4) is 0 Å². The summed E-state index contributed by atoms with van der Waals surface area (Å²) in [6.07, 6.45) is 0.641. The van der Waals surface area contributed by atoms with E-state index < -0.39 is 23.5 Å². The molecule has 1 atom stereocenters. The van der Waals surface area contributed by atoms with Crippen LogP contribution in [0.4, 0.5) is 4.39 Å². The molecule has 0 aliphatic carbocycles. The first-order chi connectivity index (χ1) is 11.5. The summed E-state index contributed by atoms with van der Waals surface area (Å²) < 4.78 is 13.2. The molecule has 6 nitrogen and oxygen atoms in total. The van der Waals surface area contributed by atoms with Gasteiger partial charge in [-0.15, -0.1) is 0 Å². The number of amides is 1. The van der Waals surface area contributed by atoms with Crippen LogP contribution < -0.4 is 5.32 Å². The number of nitrogens with zero attached hydrogens (tertiary/aromatic N) is 1. The summed E-state index contributed by atoms with van der Waals surface area (Å²) in [6, 6.07) is 4.85. The van der Waals surface area contributed by atoms with Gasteiger partial charge in [-0.25, -0.2) is 4.39 Å². The van der Waals surface area contributed by atoms with Crippen LogP contribution in [0.2, 0.25) is 0 Å². The van der Waals surface area contributed by atoms with Crippen molar-refractivity contribution in [3.05, 3.63) is 47.0 Å². The molecule has 2 rings (SSSR count). The Bertz CT molecular complexity index is 642. The van der Waals surface area contributed by atoms with Crippen LogP contribution in [0.3, 0.4) is 0 Å². The molecule has 0 aromatic heterocycles.